The van der Waals surface area contributed by atoms with Crippen molar-refractivity contribution >= 4 is 23.3 Å². The first-order chi connectivity index (χ1) is 9.65. The highest BCUT2D eigenvalue weighted by molar-refractivity contribution is 7.99. The Morgan fingerprint density at radius 2 is 2.20 bits per heavy atom. The average Bonchev–Trinajstić information content (AvgIpc) is 2.63. The predicted octanol–water partition coefficient (Wildman–Crippen LogP) is 3.85. The van der Waals surface area contributed by atoms with Crippen LogP contribution in [-0.2, 0) is 0 Å². The lowest BCUT2D eigenvalue weighted by atomic mass is 10.1. The Morgan fingerprint density at radius 1 is 1.40 bits per heavy atom. The summed E-state index contributed by atoms with van der Waals surface area (Å²) in [7, 11) is 0. The van der Waals surface area contributed by atoms with Gasteiger partial charge in [0.2, 0.25) is 0 Å². The molecule has 1 unspecified atom stereocenters. The van der Waals surface area contributed by atoms with Crippen molar-refractivity contribution in [3.05, 3.63) is 23.8 Å². The fraction of sp³-hybridized carbons (Fsp3) is 0.562. The van der Waals surface area contributed by atoms with E-state index in [-0.39, 0.29) is 5.84 Å². The average molecular weight is 291 g/mol. The molecule has 0 aliphatic carbocycles. The number of nitrogen functional groups attached to an aromatic ring is 1. The van der Waals surface area contributed by atoms with Crippen LogP contribution in [0.1, 0.15) is 45.1 Å². The summed E-state index contributed by atoms with van der Waals surface area (Å²) < 4.78 is 0. The maximum absolute atomic E-state index is 7.97. The molecule has 0 aromatic heterocycles. The number of benzene rings is 1. The maximum atomic E-state index is 7.97. The van der Waals surface area contributed by atoms with Crippen molar-refractivity contribution < 1.29 is 0 Å². The molecule has 1 aliphatic rings. The molecule has 1 heterocycles. The van der Waals surface area contributed by atoms with Gasteiger partial charge in [0.05, 0.1) is 5.56 Å². The molecule has 4 heteroatoms. The molecule has 0 radical (unpaired) electrons. The van der Waals surface area contributed by atoms with E-state index in [1.807, 2.05) is 0 Å². The van der Waals surface area contributed by atoms with Gasteiger partial charge in [0.1, 0.15) is 5.84 Å². The summed E-state index contributed by atoms with van der Waals surface area (Å²) in [4.78, 5) is 3.58. The van der Waals surface area contributed by atoms with E-state index in [1.165, 1.54) is 25.7 Å². The highest BCUT2D eigenvalue weighted by Gasteiger charge is 2.22. The number of hydrogen-bond donors (Lipinski definition) is 2. The molecule has 1 aliphatic heterocycles. The first-order valence-electron chi connectivity index (χ1n) is 7.52. The van der Waals surface area contributed by atoms with Crippen molar-refractivity contribution in [2.45, 2.75) is 50.5 Å². The molecular formula is C16H25N3S. The van der Waals surface area contributed by atoms with Gasteiger partial charge in [0, 0.05) is 23.2 Å². The molecule has 2 rings (SSSR count). The van der Waals surface area contributed by atoms with E-state index in [2.05, 4.69) is 36.9 Å². The monoisotopic (exact) mass is 291 g/mol. The maximum Gasteiger partial charge on any atom is 0.126 e. The molecule has 0 bridgehead atoms. The van der Waals surface area contributed by atoms with Crippen molar-refractivity contribution in [2.24, 2.45) is 5.73 Å². The minimum atomic E-state index is 0.188. The van der Waals surface area contributed by atoms with E-state index in [0.717, 1.165) is 28.4 Å². The molecule has 1 aromatic carbocycles. The molecular weight excluding hydrogens is 266 g/mol. The van der Waals surface area contributed by atoms with Crippen LogP contribution in [-0.4, -0.2) is 24.2 Å². The summed E-state index contributed by atoms with van der Waals surface area (Å²) >= 11 is 1.77. The number of rotatable bonds is 4. The zero-order valence-electron chi connectivity index (χ0n) is 12.5. The summed E-state index contributed by atoms with van der Waals surface area (Å²) in [5, 5.41) is 7.97. The number of amidine groups is 1. The van der Waals surface area contributed by atoms with Gasteiger partial charge < -0.3 is 10.6 Å². The predicted molar refractivity (Wildman–Crippen MR) is 89.1 cm³/mol. The largest absolute Gasteiger partial charge is 0.384 e. The summed E-state index contributed by atoms with van der Waals surface area (Å²) in [5.41, 5.74) is 7.95. The lowest BCUT2D eigenvalue weighted by Crippen LogP contribution is -2.34. The molecule has 1 fully saturated rings. The minimum Gasteiger partial charge on any atom is -0.384 e. The second-order valence-corrected chi connectivity index (χ2v) is 6.69. The second-order valence-electron chi connectivity index (χ2n) is 5.39. The molecule has 20 heavy (non-hydrogen) atoms. The van der Waals surface area contributed by atoms with E-state index in [4.69, 9.17) is 11.1 Å². The number of hydrogen-bond acceptors (Lipinski definition) is 3. The van der Waals surface area contributed by atoms with Crippen molar-refractivity contribution in [1.29, 1.82) is 5.41 Å². The van der Waals surface area contributed by atoms with Crippen LogP contribution in [0.4, 0.5) is 5.69 Å². The molecule has 3 nitrogen and oxygen atoms in total. The van der Waals surface area contributed by atoms with Crippen molar-refractivity contribution in [2.75, 3.05) is 17.2 Å². The van der Waals surface area contributed by atoms with Crippen molar-refractivity contribution in [3.63, 3.8) is 0 Å². The Kier molecular flexibility index (Phi) is 5.35. The van der Waals surface area contributed by atoms with Crippen LogP contribution in [0.5, 0.6) is 0 Å². The number of anilines is 1. The van der Waals surface area contributed by atoms with E-state index in [1.54, 1.807) is 11.8 Å². The van der Waals surface area contributed by atoms with Gasteiger partial charge in [-0.1, -0.05) is 25.8 Å². The lowest BCUT2D eigenvalue weighted by Gasteiger charge is -2.32. The fourth-order valence-corrected chi connectivity index (χ4v) is 3.78. The zero-order valence-corrected chi connectivity index (χ0v) is 13.3. The van der Waals surface area contributed by atoms with Gasteiger partial charge in [-0.15, -0.1) is 11.8 Å². The smallest absolute Gasteiger partial charge is 0.126 e. The number of thioether (sulfide) groups is 1. The van der Waals surface area contributed by atoms with Gasteiger partial charge in [-0.2, -0.15) is 0 Å². The summed E-state index contributed by atoms with van der Waals surface area (Å²) in [5.74, 6) is 1.19. The van der Waals surface area contributed by atoms with Gasteiger partial charge in [0.25, 0.3) is 0 Å². The first-order valence-corrected chi connectivity index (χ1v) is 8.50. The highest BCUT2D eigenvalue weighted by atomic mass is 32.2. The topological polar surface area (TPSA) is 53.1 Å². The van der Waals surface area contributed by atoms with Crippen molar-refractivity contribution in [1.82, 2.24) is 0 Å². The third-order valence-corrected chi connectivity index (χ3v) is 4.88. The number of nitrogens with two attached hydrogens (primary N) is 1. The van der Waals surface area contributed by atoms with Gasteiger partial charge in [-0.05, 0) is 37.7 Å². The van der Waals surface area contributed by atoms with E-state index < -0.39 is 0 Å². The Morgan fingerprint density at radius 3 is 2.90 bits per heavy atom. The molecule has 0 spiro atoms. The van der Waals surface area contributed by atoms with Crippen LogP contribution in [0.2, 0.25) is 0 Å². The second kappa shape index (κ2) is 7.02. The van der Waals surface area contributed by atoms with E-state index in [9.17, 15) is 0 Å². The third-order valence-electron chi connectivity index (χ3n) is 3.94. The normalized spacial score (nSPS) is 19.7. The fourth-order valence-electron chi connectivity index (χ4n) is 2.94. The van der Waals surface area contributed by atoms with Gasteiger partial charge in [-0.25, -0.2) is 0 Å². The Bertz CT molecular complexity index is 473. The SMILES string of the molecule is CCSc1cccc(N2CCCCCC2C)c1C(=N)N. The number of nitrogens with one attached hydrogen (secondary N) is 1. The Hall–Kier alpha value is -1.16. The van der Waals surface area contributed by atoms with Crippen molar-refractivity contribution in [3.8, 4) is 0 Å². The van der Waals surface area contributed by atoms with Gasteiger partial charge in [-0.3, -0.25) is 5.41 Å². The molecule has 0 saturated carbocycles. The van der Waals surface area contributed by atoms with Crippen LogP contribution >= 0.6 is 11.8 Å². The molecule has 1 aromatic rings. The molecule has 1 atom stereocenters. The number of nitrogens with zero attached hydrogens (tertiary/aromatic N) is 1. The first kappa shape index (κ1) is 15.2. The standard InChI is InChI=1S/C16H25N3S/c1-3-20-14-10-7-9-13(15(14)16(17)18)19-11-6-4-5-8-12(19)2/h7,9-10,12H,3-6,8,11H2,1-2H3,(H3,17,18). The lowest BCUT2D eigenvalue weighted by molar-refractivity contribution is 0.615. The third kappa shape index (κ3) is 3.29. The Labute approximate surface area is 126 Å². The molecule has 3 N–H and O–H groups in total. The summed E-state index contributed by atoms with van der Waals surface area (Å²) in [6, 6.07) is 6.82. The van der Waals surface area contributed by atoms with Crippen LogP contribution in [0, 0.1) is 5.41 Å². The molecule has 1 saturated heterocycles. The quantitative estimate of drug-likeness (QED) is 0.503. The van der Waals surface area contributed by atoms with Crippen LogP contribution in [0.25, 0.3) is 0 Å². The van der Waals surface area contributed by atoms with Crippen LogP contribution in [0.3, 0.4) is 0 Å². The summed E-state index contributed by atoms with van der Waals surface area (Å²) in [6.07, 6.45) is 5.06. The highest BCUT2D eigenvalue weighted by Crippen LogP contribution is 2.33. The molecule has 0 amide bonds. The van der Waals surface area contributed by atoms with Gasteiger partial charge >= 0.3 is 0 Å². The van der Waals surface area contributed by atoms with Crippen LogP contribution < -0.4 is 10.6 Å². The van der Waals surface area contributed by atoms with E-state index in [0.29, 0.717) is 6.04 Å². The minimum absolute atomic E-state index is 0.188. The van der Waals surface area contributed by atoms with Crippen LogP contribution in [0.15, 0.2) is 23.1 Å². The zero-order chi connectivity index (χ0) is 14.5. The Balaban J connectivity index is 2.43. The molecule has 110 valence electrons. The summed E-state index contributed by atoms with van der Waals surface area (Å²) in [6.45, 7) is 5.49. The van der Waals surface area contributed by atoms with E-state index >= 15 is 0 Å². The van der Waals surface area contributed by atoms with Gasteiger partial charge in [0.15, 0.2) is 0 Å².